The number of aromatic amines is 1. The predicted octanol–water partition coefficient (Wildman–Crippen LogP) is 0.306. The largest absolute Gasteiger partial charge is 0.368 e. The molecule has 108 valence electrons. The number of nitrogens with two attached hydrogens (primary N) is 2. The summed E-state index contributed by atoms with van der Waals surface area (Å²) < 4.78 is 0. The molecule has 0 unspecified atom stereocenters. The van der Waals surface area contributed by atoms with Gasteiger partial charge >= 0.3 is 0 Å². The number of halogens is 1. The first kappa shape index (κ1) is 16.0. The summed E-state index contributed by atoms with van der Waals surface area (Å²) in [5.74, 6) is -0.888. The van der Waals surface area contributed by atoms with E-state index < -0.39 is 5.91 Å². The quantitative estimate of drug-likeness (QED) is 0.636. The number of amides is 2. The van der Waals surface area contributed by atoms with Gasteiger partial charge in [0.25, 0.3) is 5.91 Å². The zero-order valence-corrected chi connectivity index (χ0v) is 11.6. The summed E-state index contributed by atoms with van der Waals surface area (Å²) in [7, 11) is 0. The van der Waals surface area contributed by atoms with Gasteiger partial charge in [0, 0.05) is 22.7 Å². The van der Waals surface area contributed by atoms with E-state index in [0.29, 0.717) is 12.1 Å². The molecule has 1 aromatic carbocycles. The van der Waals surface area contributed by atoms with Crippen LogP contribution in [0.2, 0.25) is 0 Å². The summed E-state index contributed by atoms with van der Waals surface area (Å²) in [6.07, 6.45) is 2.63. The van der Waals surface area contributed by atoms with Crippen molar-refractivity contribution in [3.63, 3.8) is 0 Å². The van der Waals surface area contributed by atoms with Crippen molar-refractivity contribution in [3.8, 4) is 0 Å². The van der Waals surface area contributed by atoms with E-state index in [-0.39, 0.29) is 24.9 Å². The van der Waals surface area contributed by atoms with Crippen molar-refractivity contribution in [2.45, 2.75) is 6.42 Å². The molecule has 6 nitrogen and oxygen atoms in total. The number of primary amides is 1. The molecular formula is C13H17ClN4O2. The molecule has 1 heterocycles. The zero-order chi connectivity index (χ0) is 13.8. The number of carbonyl (C=O) groups excluding carboxylic acids is 2. The topological polar surface area (TPSA) is 114 Å². The first-order valence-electron chi connectivity index (χ1n) is 5.98. The Labute approximate surface area is 122 Å². The van der Waals surface area contributed by atoms with Crippen LogP contribution in [0.5, 0.6) is 0 Å². The molecule has 0 radical (unpaired) electrons. The number of aromatic nitrogens is 1. The lowest BCUT2D eigenvalue weighted by atomic mass is 10.1. The zero-order valence-electron chi connectivity index (χ0n) is 10.8. The monoisotopic (exact) mass is 296 g/mol. The van der Waals surface area contributed by atoms with Crippen molar-refractivity contribution < 1.29 is 9.59 Å². The van der Waals surface area contributed by atoms with Crippen molar-refractivity contribution in [3.05, 3.63) is 35.5 Å². The molecule has 20 heavy (non-hydrogen) atoms. The number of rotatable bonds is 5. The third-order valence-electron chi connectivity index (χ3n) is 2.87. The number of benzene rings is 1. The smallest absolute Gasteiger partial charge is 0.251 e. The van der Waals surface area contributed by atoms with Crippen molar-refractivity contribution >= 4 is 35.1 Å². The van der Waals surface area contributed by atoms with E-state index in [4.69, 9.17) is 11.5 Å². The summed E-state index contributed by atoms with van der Waals surface area (Å²) in [5.41, 5.74) is 13.0. The van der Waals surface area contributed by atoms with E-state index in [1.807, 2.05) is 12.3 Å². The second-order valence-electron chi connectivity index (χ2n) is 4.26. The number of carbonyl (C=O) groups is 2. The Morgan fingerprint density at radius 3 is 2.70 bits per heavy atom. The summed E-state index contributed by atoms with van der Waals surface area (Å²) in [4.78, 5) is 25.6. The highest BCUT2D eigenvalue weighted by molar-refractivity contribution is 6.00. The van der Waals surface area contributed by atoms with Crippen LogP contribution in [0.15, 0.2) is 24.4 Å². The molecule has 2 aromatic rings. The van der Waals surface area contributed by atoms with Crippen molar-refractivity contribution in [1.29, 1.82) is 0 Å². The molecular weight excluding hydrogens is 280 g/mol. The van der Waals surface area contributed by atoms with Gasteiger partial charge in [0.2, 0.25) is 5.91 Å². The fraction of sp³-hybridized carbons (Fsp3) is 0.231. The van der Waals surface area contributed by atoms with Crippen LogP contribution in [0, 0.1) is 0 Å². The molecule has 0 aliphatic carbocycles. The normalized spacial score (nSPS) is 10.1. The molecule has 2 amide bonds. The van der Waals surface area contributed by atoms with E-state index in [1.165, 1.54) is 0 Å². The van der Waals surface area contributed by atoms with Crippen LogP contribution < -0.4 is 16.8 Å². The van der Waals surface area contributed by atoms with Gasteiger partial charge in [-0.2, -0.15) is 0 Å². The van der Waals surface area contributed by atoms with Gasteiger partial charge < -0.3 is 21.8 Å². The average molecular weight is 297 g/mol. The third kappa shape index (κ3) is 3.49. The molecule has 0 spiro atoms. The highest BCUT2D eigenvalue weighted by atomic mass is 35.5. The minimum Gasteiger partial charge on any atom is -0.368 e. The molecule has 0 saturated carbocycles. The number of nitrogens with one attached hydrogen (secondary N) is 2. The van der Waals surface area contributed by atoms with Crippen LogP contribution in [0.1, 0.15) is 15.9 Å². The lowest BCUT2D eigenvalue weighted by Gasteiger charge is -2.04. The van der Waals surface area contributed by atoms with Crippen LogP contribution in [0.4, 0.5) is 0 Å². The van der Waals surface area contributed by atoms with Gasteiger partial charge in [-0.05, 0) is 36.7 Å². The summed E-state index contributed by atoms with van der Waals surface area (Å²) in [6, 6.07) is 5.31. The van der Waals surface area contributed by atoms with E-state index in [9.17, 15) is 9.59 Å². The molecule has 0 atom stereocenters. The van der Waals surface area contributed by atoms with Gasteiger partial charge in [0.05, 0.1) is 6.54 Å². The molecule has 0 bridgehead atoms. The van der Waals surface area contributed by atoms with E-state index in [2.05, 4.69) is 10.3 Å². The number of fused-ring (bicyclic) bond motifs is 1. The van der Waals surface area contributed by atoms with Crippen LogP contribution in [-0.4, -0.2) is 29.9 Å². The second kappa shape index (κ2) is 6.93. The Bertz CT molecular complexity index is 624. The molecule has 0 saturated heterocycles. The maximum absolute atomic E-state index is 11.8. The minimum absolute atomic E-state index is 0. The molecule has 0 aliphatic heterocycles. The second-order valence-corrected chi connectivity index (χ2v) is 4.26. The highest BCUT2D eigenvalue weighted by Crippen LogP contribution is 2.20. The average Bonchev–Trinajstić information content (AvgIpc) is 2.79. The van der Waals surface area contributed by atoms with Gasteiger partial charge in [-0.1, -0.05) is 0 Å². The molecule has 7 heteroatoms. The maximum Gasteiger partial charge on any atom is 0.251 e. The molecule has 0 fully saturated rings. The van der Waals surface area contributed by atoms with Crippen molar-refractivity contribution in [2.75, 3.05) is 13.1 Å². The van der Waals surface area contributed by atoms with Crippen molar-refractivity contribution in [2.24, 2.45) is 11.5 Å². The van der Waals surface area contributed by atoms with Crippen molar-refractivity contribution in [1.82, 2.24) is 10.3 Å². The maximum atomic E-state index is 11.8. The van der Waals surface area contributed by atoms with E-state index in [0.717, 1.165) is 22.9 Å². The van der Waals surface area contributed by atoms with Crippen LogP contribution >= 0.6 is 12.4 Å². The Kier molecular flexibility index (Phi) is 5.54. The molecule has 1 aromatic heterocycles. The highest BCUT2D eigenvalue weighted by Gasteiger charge is 2.09. The van der Waals surface area contributed by atoms with Crippen LogP contribution in [-0.2, 0) is 11.2 Å². The lowest BCUT2D eigenvalue weighted by molar-refractivity contribution is -0.117. The van der Waals surface area contributed by atoms with Gasteiger partial charge in [0.15, 0.2) is 0 Å². The summed E-state index contributed by atoms with van der Waals surface area (Å²) in [6.45, 7) is 0.380. The van der Waals surface area contributed by atoms with Gasteiger partial charge in [0.1, 0.15) is 0 Å². The SMILES string of the molecule is Cl.NCCc1c[nH]c2ccc(C(=O)NCC(N)=O)cc12. The Morgan fingerprint density at radius 1 is 1.30 bits per heavy atom. The van der Waals surface area contributed by atoms with E-state index in [1.54, 1.807) is 12.1 Å². The van der Waals surface area contributed by atoms with Crippen LogP contribution in [0.25, 0.3) is 10.9 Å². The Hall–Kier alpha value is -2.05. The van der Waals surface area contributed by atoms with Crippen LogP contribution in [0.3, 0.4) is 0 Å². The summed E-state index contributed by atoms with van der Waals surface area (Å²) in [5, 5.41) is 3.43. The number of hydrogen-bond acceptors (Lipinski definition) is 3. The summed E-state index contributed by atoms with van der Waals surface area (Å²) >= 11 is 0. The number of H-pyrrole nitrogens is 1. The first-order valence-corrected chi connectivity index (χ1v) is 5.98. The molecule has 0 aliphatic rings. The lowest BCUT2D eigenvalue weighted by Crippen LogP contribution is -2.33. The van der Waals surface area contributed by atoms with E-state index >= 15 is 0 Å². The fourth-order valence-corrected chi connectivity index (χ4v) is 1.95. The fourth-order valence-electron chi connectivity index (χ4n) is 1.95. The Morgan fingerprint density at radius 2 is 2.05 bits per heavy atom. The predicted molar refractivity (Wildman–Crippen MR) is 79.8 cm³/mol. The number of hydrogen-bond donors (Lipinski definition) is 4. The molecule has 2 rings (SSSR count). The standard InChI is InChI=1S/C13H16N4O2.ClH/c14-4-3-9-6-16-11-2-1-8(5-10(9)11)13(19)17-7-12(15)18;/h1-2,5-6,16H,3-4,7,14H2,(H2,15,18)(H,17,19);1H. The third-order valence-corrected chi connectivity index (χ3v) is 2.87. The van der Waals surface area contributed by atoms with Gasteiger partial charge in [-0.3, -0.25) is 9.59 Å². The van der Waals surface area contributed by atoms with Gasteiger partial charge in [-0.25, -0.2) is 0 Å². The first-order chi connectivity index (χ1) is 9.11. The molecule has 6 N–H and O–H groups in total. The Balaban J connectivity index is 0.00000200. The van der Waals surface area contributed by atoms with Gasteiger partial charge in [-0.15, -0.1) is 12.4 Å². The minimum atomic E-state index is -0.570.